The molecule has 16 heavy (non-hydrogen) atoms. The smallest absolute Gasteiger partial charge is 0.116 e. The van der Waals surface area contributed by atoms with E-state index in [4.69, 9.17) is 0 Å². The fourth-order valence-corrected chi connectivity index (χ4v) is 2.48. The maximum Gasteiger partial charge on any atom is 0.116 e. The third-order valence-corrected chi connectivity index (χ3v) is 3.41. The Hall–Kier alpha value is -1.22. The molecule has 0 amide bonds. The van der Waals surface area contributed by atoms with Crippen molar-refractivity contribution in [1.82, 2.24) is 5.32 Å². The minimum atomic E-state index is 0.378. The van der Waals surface area contributed by atoms with Crippen molar-refractivity contribution in [1.29, 1.82) is 0 Å². The number of phenols is 1. The molecule has 0 aromatic heterocycles. The van der Waals surface area contributed by atoms with Crippen LogP contribution in [-0.4, -0.2) is 31.8 Å². The molecule has 1 aliphatic heterocycles. The van der Waals surface area contributed by atoms with Crippen molar-refractivity contribution in [3.63, 3.8) is 0 Å². The summed E-state index contributed by atoms with van der Waals surface area (Å²) in [5.74, 6) is 0.378. The van der Waals surface area contributed by atoms with E-state index in [2.05, 4.69) is 17.3 Å². The molecule has 0 saturated carbocycles. The Kier molecular flexibility index (Phi) is 3.34. The topological polar surface area (TPSA) is 35.5 Å². The number of phenolic OH excluding ortho intramolecular Hbond substituents is 1. The van der Waals surface area contributed by atoms with Gasteiger partial charge in [-0.2, -0.15) is 0 Å². The number of rotatable bonds is 4. The largest absolute Gasteiger partial charge is 0.508 e. The van der Waals surface area contributed by atoms with E-state index in [1.54, 1.807) is 6.07 Å². The van der Waals surface area contributed by atoms with E-state index in [1.165, 1.54) is 24.1 Å². The lowest BCUT2D eigenvalue weighted by atomic mass is 10.1. The van der Waals surface area contributed by atoms with Gasteiger partial charge in [-0.05, 0) is 56.6 Å². The molecule has 0 radical (unpaired) electrons. The first kappa shape index (κ1) is 11.3. The molecule has 1 aliphatic rings. The first-order valence-electron chi connectivity index (χ1n) is 5.91. The highest BCUT2D eigenvalue weighted by atomic mass is 16.3. The molecule has 0 spiro atoms. The average Bonchev–Trinajstić information content (AvgIpc) is 2.56. The van der Waals surface area contributed by atoms with Gasteiger partial charge >= 0.3 is 0 Å². The van der Waals surface area contributed by atoms with Gasteiger partial charge in [0.05, 0.1) is 0 Å². The Morgan fingerprint density at radius 3 is 3.06 bits per heavy atom. The maximum atomic E-state index is 9.45. The second-order valence-electron chi connectivity index (χ2n) is 4.53. The predicted molar refractivity (Wildman–Crippen MR) is 67.2 cm³/mol. The van der Waals surface area contributed by atoms with Crippen molar-refractivity contribution in [2.45, 2.75) is 25.3 Å². The summed E-state index contributed by atoms with van der Waals surface area (Å²) in [5.41, 5.74) is 2.55. The lowest BCUT2D eigenvalue weighted by Gasteiger charge is -2.22. The van der Waals surface area contributed by atoms with Gasteiger partial charge in [-0.15, -0.1) is 0 Å². The van der Waals surface area contributed by atoms with Crippen LogP contribution >= 0.6 is 0 Å². The molecule has 1 unspecified atom stereocenters. The van der Waals surface area contributed by atoms with E-state index < -0.39 is 0 Å². The monoisotopic (exact) mass is 220 g/mol. The minimum Gasteiger partial charge on any atom is -0.508 e. The summed E-state index contributed by atoms with van der Waals surface area (Å²) in [6.07, 6.45) is 3.46. The van der Waals surface area contributed by atoms with E-state index in [0.717, 1.165) is 13.0 Å². The van der Waals surface area contributed by atoms with Gasteiger partial charge in [0.2, 0.25) is 0 Å². The first-order chi connectivity index (χ1) is 7.72. The number of nitrogens with one attached hydrogen (secondary N) is 1. The van der Waals surface area contributed by atoms with Crippen LogP contribution in [0.2, 0.25) is 0 Å². The number of aromatic hydroxyl groups is 1. The minimum absolute atomic E-state index is 0.378. The zero-order valence-electron chi connectivity index (χ0n) is 10.0. The lowest BCUT2D eigenvalue weighted by Crippen LogP contribution is -2.28. The molecule has 0 aliphatic carbocycles. The average molecular weight is 220 g/mol. The standard InChI is InChI=1S/C13H20N2O/c1-14-7-3-4-11-8-10-9-12(16)5-6-13(10)15(11)2/h5-6,9,11,14,16H,3-4,7-8H2,1-2H3. The Morgan fingerprint density at radius 2 is 2.31 bits per heavy atom. The second-order valence-corrected chi connectivity index (χ2v) is 4.53. The maximum absolute atomic E-state index is 9.45. The Morgan fingerprint density at radius 1 is 1.50 bits per heavy atom. The molecule has 1 aromatic rings. The zero-order chi connectivity index (χ0) is 11.5. The molecule has 0 fully saturated rings. The quantitative estimate of drug-likeness (QED) is 0.759. The van der Waals surface area contributed by atoms with Crippen LogP contribution in [0.5, 0.6) is 5.75 Å². The number of likely N-dealkylation sites (N-methyl/N-ethyl adjacent to an activating group) is 1. The summed E-state index contributed by atoms with van der Waals surface area (Å²) in [5, 5.41) is 12.6. The van der Waals surface area contributed by atoms with Crippen molar-refractivity contribution in [2.75, 3.05) is 25.5 Å². The van der Waals surface area contributed by atoms with Gasteiger partial charge in [-0.1, -0.05) is 0 Å². The van der Waals surface area contributed by atoms with Gasteiger partial charge in [0.1, 0.15) is 5.75 Å². The van der Waals surface area contributed by atoms with Gasteiger partial charge in [-0.25, -0.2) is 0 Å². The molecule has 1 heterocycles. The van der Waals surface area contributed by atoms with E-state index in [9.17, 15) is 5.11 Å². The molecule has 88 valence electrons. The Balaban J connectivity index is 2.02. The number of benzene rings is 1. The molecule has 2 N–H and O–H groups in total. The van der Waals surface area contributed by atoms with Crippen molar-refractivity contribution in [3.8, 4) is 5.75 Å². The molecule has 0 saturated heterocycles. The van der Waals surface area contributed by atoms with Crippen LogP contribution in [0.3, 0.4) is 0 Å². The molecule has 3 heteroatoms. The molecular formula is C13H20N2O. The molecule has 1 aromatic carbocycles. The SMILES string of the molecule is CNCCCC1Cc2cc(O)ccc2N1C. The normalized spacial score (nSPS) is 18.9. The van der Waals surface area contributed by atoms with E-state index in [-0.39, 0.29) is 0 Å². The summed E-state index contributed by atoms with van der Waals surface area (Å²) in [6.45, 7) is 1.08. The molecule has 2 rings (SSSR count). The van der Waals surface area contributed by atoms with Crippen LogP contribution in [0.1, 0.15) is 18.4 Å². The van der Waals surface area contributed by atoms with E-state index >= 15 is 0 Å². The van der Waals surface area contributed by atoms with Gasteiger partial charge in [-0.3, -0.25) is 0 Å². The lowest BCUT2D eigenvalue weighted by molar-refractivity contribution is 0.474. The number of anilines is 1. The van der Waals surface area contributed by atoms with Crippen LogP contribution in [0.25, 0.3) is 0 Å². The molecule has 0 bridgehead atoms. The number of nitrogens with zero attached hydrogens (tertiary/aromatic N) is 1. The van der Waals surface area contributed by atoms with Crippen LogP contribution in [0, 0.1) is 0 Å². The summed E-state index contributed by atoms with van der Waals surface area (Å²) in [6, 6.07) is 6.27. The van der Waals surface area contributed by atoms with Gasteiger partial charge in [0.15, 0.2) is 0 Å². The Labute approximate surface area is 97.1 Å². The summed E-state index contributed by atoms with van der Waals surface area (Å²) in [7, 11) is 4.14. The van der Waals surface area contributed by atoms with Crippen LogP contribution in [0.4, 0.5) is 5.69 Å². The predicted octanol–water partition coefficient (Wildman–Crippen LogP) is 1.75. The fourth-order valence-electron chi connectivity index (χ4n) is 2.48. The van der Waals surface area contributed by atoms with Crippen molar-refractivity contribution < 1.29 is 5.11 Å². The third kappa shape index (κ3) is 2.14. The summed E-state index contributed by atoms with van der Waals surface area (Å²) >= 11 is 0. The van der Waals surface area contributed by atoms with Crippen LogP contribution in [-0.2, 0) is 6.42 Å². The van der Waals surface area contributed by atoms with Crippen molar-refractivity contribution in [3.05, 3.63) is 23.8 Å². The molecular weight excluding hydrogens is 200 g/mol. The van der Waals surface area contributed by atoms with Gasteiger partial charge in [0.25, 0.3) is 0 Å². The first-order valence-corrected chi connectivity index (χ1v) is 5.91. The fraction of sp³-hybridized carbons (Fsp3) is 0.538. The second kappa shape index (κ2) is 4.74. The number of hydrogen-bond acceptors (Lipinski definition) is 3. The van der Waals surface area contributed by atoms with Crippen molar-refractivity contribution >= 4 is 5.69 Å². The van der Waals surface area contributed by atoms with Gasteiger partial charge in [0, 0.05) is 18.8 Å². The highest BCUT2D eigenvalue weighted by molar-refractivity contribution is 5.60. The summed E-state index contributed by atoms with van der Waals surface area (Å²) < 4.78 is 0. The van der Waals surface area contributed by atoms with E-state index in [0.29, 0.717) is 11.8 Å². The highest BCUT2D eigenvalue weighted by Gasteiger charge is 2.25. The van der Waals surface area contributed by atoms with E-state index in [1.807, 2.05) is 19.2 Å². The molecule has 3 nitrogen and oxygen atoms in total. The number of hydrogen-bond donors (Lipinski definition) is 2. The van der Waals surface area contributed by atoms with Crippen molar-refractivity contribution in [2.24, 2.45) is 0 Å². The Bertz CT molecular complexity index is 365. The van der Waals surface area contributed by atoms with Gasteiger partial charge < -0.3 is 15.3 Å². The van der Waals surface area contributed by atoms with Crippen LogP contribution in [0.15, 0.2) is 18.2 Å². The number of fused-ring (bicyclic) bond motifs is 1. The third-order valence-electron chi connectivity index (χ3n) is 3.41. The van der Waals surface area contributed by atoms with Crippen LogP contribution < -0.4 is 10.2 Å². The zero-order valence-corrected chi connectivity index (χ0v) is 10.0. The highest BCUT2D eigenvalue weighted by Crippen LogP contribution is 2.34. The summed E-state index contributed by atoms with van der Waals surface area (Å²) in [4.78, 5) is 2.34. The molecule has 1 atom stereocenters.